The van der Waals surface area contributed by atoms with Crippen LogP contribution in [-0.2, 0) is 9.59 Å². The van der Waals surface area contributed by atoms with Crippen molar-refractivity contribution in [2.45, 2.75) is 34.6 Å². The van der Waals surface area contributed by atoms with E-state index in [-0.39, 0.29) is 5.57 Å². The quantitative estimate of drug-likeness (QED) is 0.458. The minimum absolute atomic E-state index is 0.128. The Labute approximate surface area is 195 Å². The average molecular weight is 459 g/mol. The predicted molar refractivity (Wildman–Crippen MR) is 127 cm³/mol. The number of aromatic nitrogens is 1. The van der Waals surface area contributed by atoms with E-state index in [9.17, 15) is 19.6 Å². The summed E-state index contributed by atoms with van der Waals surface area (Å²) in [7, 11) is 0. The highest BCUT2D eigenvalue weighted by Crippen LogP contribution is 2.34. The molecule has 1 saturated heterocycles. The number of carbonyl (C=O) groups excluding carboxylic acids is 3. The third-order valence-electron chi connectivity index (χ3n) is 5.91. The van der Waals surface area contributed by atoms with Crippen LogP contribution in [0.15, 0.2) is 35.9 Å². The van der Waals surface area contributed by atoms with E-state index >= 15 is 0 Å². The molecule has 0 atom stereocenters. The number of rotatable bonds is 3. The predicted octanol–water partition coefficient (Wildman–Crippen LogP) is 4.62. The van der Waals surface area contributed by atoms with Gasteiger partial charge >= 0.3 is 6.03 Å². The van der Waals surface area contributed by atoms with Gasteiger partial charge in [-0.1, -0.05) is 18.2 Å². The fraction of sp³-hybridized carbons (Fsp3) is 0.200. The summed E-state index contributed by atoms with van der Waals surface area (Å²) in [6.07, 6.45) is 1.51. The molecule has 0 unspecified atom stereocenters. The highest BCUT2D eigenvalue weighted by atomic mass is 32.1. The minimum Gasteiger partial charge on any atom is -0.308 e. The Morgan fingerprint density at radius 1 is 1.06 bits per heavy atom. The zero-order valence-electron chi connectivity index (χ0n) is 18.9. The molecule has 7 nitrogen and oxygen atoms in total. The second-order valence-corrected chi connectivity index (χ2v) is 9.18. The number of hydrogen-bond donors (Lipinski definition) is 1. The van der Waals surface area contributed by atoms with E-state index in [1.165, 1.54) is 17.4 Å². The number of anilines is 1. The number of thiophene rings is 1. The summed E-state index contributed by atoms with van der Waals surface area (Å²) in [5, 5.41) is 12.8. The summed E-state index contributed by atoms with van der Waals surface area (Å²) >= 11 is 1.53. The fourth-order valence-corrected chi connectivity index (χ4v) is 5.21. The molecule has 4 amide bonds. The number of para-hydroxylation sites is 1. The summed E-state index contributed by atoms with van der Waals surface area (Å²) in [5.41, 5.74) is 4.91. The van der Waals surface area contributed by atoms with E-state index in [0.717, 1.165) is 37.3 Å². The molecule has 33 heavy (non-hydrogen) atoms. The Kier molecular flexibility index (Phi) is 5.52. The number of nitriles is 1. The van der Waals surface area contributed by atoms with Crippen molar-refractivity contribution in [2.75, 3.05) is 4.90 Å². The van der Waals surface area contributed by atoms with Crippen molar-refractivity contribution in [1.29, 1.82) is 5.26 Å². The van der Waals surface area contributed by atoms with Crippen molar-refractivity contribution in [3.8, 4) is 11.1 Å². The van der Waals surface area contributed by atoms with Crippen LogP contribution in [0.25, 0.3) is 11.1 Å². The molecule has 4 rings (SSSR count). The van der Waals surface area contributed by atoms with Gasteiger partial charge in [-0.15, -0.1) is 11.3 Å². The molecular weight excluding hydrogens is 436 g/mol. The molecule has 2 aromatic heterocycles. The van der Waals surface area contributed by atoms with E-state index < -0.39 is 17.8 Å². The number of barbiturate groups is 1. The van der Waals surface area contributed by atoms with Crippen LogP contribution >= 0.6 is 11.3 Å². The SMILES string of the molecule is Cc1ccccc1N1C(=O)NC(=O)/C(=C\c2cc(C)n(-c3sc(C)c(C)c3C#N)c2C)C1=O. The van der Waals surface area contributed by atoms with Gasteiger partial charge in [0.2, 0.25) is 0 Å². The van der Waals surface area contributed by atoms with Gasteiger partial charge in [-0.3, -0.25) is 14.9 Å². The normalized spacial score (nSPS) is 15.2. The van der Waals surface area contributed by atoms with Crippen molar-refractivity contribution in [3.63, 3.8) is 0 Å². The lowest BCUT2D eigenvalue weighted by Gasteiger charge is -2.27. The second kappa shape index (κ2) is 8.19. The average Bonchev–Trinajstić information content (AvgIpc) is 3.20. The van der Waals surface area contributed by atoms with Gasteiger partial charge in [-0.25, -0.2) is 9.69 Å². The van der Waals surface area contributed by atoms with Crippen LogP contribution in [0.2, 0.25) is 0 Å². The summed E-state index contributed by atoms with van der Waals surface area (Å²) in [4.78, 5) is 40.4. The van der Waals surface area contributed by atoms with E-state index in [4.69, 9.17) is 0 Å². The summed E-state index contributed by atoms with van der Waals surface area (Å²) in [5.74, 6) is -1.41. The molecule has 1 N–H and O–H groups in total. The maximum Gasteiger partial charge on any atom is 0.335 e. The maximum absolute atomic E-state index is 13.3. The molecule has 0 aliphatic carbocycles. The van der Waals surface area contributed by atoms with E-state index in [0.29, 0.717) is 16.8 Å². The van der Waals surface area contributed by atoms with E-state index in [2.05, 4.69) is 11.4 Å². The molecule has 0 saturated carbocycles. The van der Waals surface area contributed by atoms with Gasteiger partial charge in [0.15, 0.2) is 0 Å². The zero-order chi connectivity index (χ0) is 24.0. The molecule has 1 aliphatic heterocycles. The van der Waals surface area contributed by atoms with Gasteiger partial charge in [0.1, 0.15) is 16.6 Å². The number of nitrogens with zero attached hydrogens (tertiary/aromatic N) is 3. The molecule has 1 aromatic carbocycles. The van der Waals surface area contributed by atoms with Gasteiger partial charge in [-0.2, -0.15) is 5.26 Å². The first-order valence-corrected chi connectivity index (χ1v) is 11.1. The molecule has 3 heterocycles. The van der Waals surface area contributed by atoms with Gasteiger partial charge in [0.25, 0.3) is 11.8 Å². The molecule has 166 valence electrons. The third kappa shape index (κ3) is 3.56. The van der Waals surface area contributed by atoms with E-state index in [1.54, 1.807) is 25.1 Å². The van der Waals surface area contributed by atoms with Crippen LogP contribution < -0.4 is 10.2 Å². The molecule has 0 bridgehead atoms. The van der Waals surface area contributed by atoms with Crippen LogP contribution in [0.3, 0.4) is 0 Å². The summed E-state index contributed by atoms with van der Waals surface area (Å²) in [6, 6.07) is 10.4. The molecule has 3 aromatic rings. The first kappa shape index (κ1) is 22.2. The van der Waals surface area contributed by atoms with Gasteiger partial charge in [0, 0.05) is 16.3 Å². The van der Waals surface area contributed by atoms with Gasteiger partial charge in [0.05, 0.1) is 11.3 Å². The Hall–Kier alpha value is -3.96. The number of carbonyl (C=O) groups is 3. The highest BCUT2D eigenvalue weighted by molar-refractivity contribution is 7.14. The van der Waals surface area contributed by atoms with Crippen LogP contribution in [0.4, 0.5) is 10.5 Å². The van der Waals surface area contributed by atoms with Crippen LogP contribution in [-0.4, -0.2) is 22.4 Å². The van der Waals surface area contributed by atoms with E-state index in [1.807, 2.05) is 44.4 Å². The van der Waals surface area contributed by atoms with Crippen molar-refractivity contribution >= 4 is 40.9 Å². The van der Waals surface area contributed by atoms with Crippen LogP contribution in [0.5, 0.6) is 0 Å². The monoisotopic (exact) mass is 458 g/mol. The molecule has 0 radical (unpaired) electrons. The number of aryl methyl sites for hydroxylation is 3. The van der Waals surface area contributed by atoms with Gasteiger partial charge < -0.3 is 4.57 Å². The van der Waals surface area contributed by atoms with Crippen LogP contribution in [0.1, 0.15) is 38.5 Å². The minimum atomic E-state index is -0.773. The Balaban J connectivity index is 1.82. The summed E-state index contributed by atoms with van der Waals surface area (Å²) in [6.45, 7) is 9.48. The lowest BCUT2D eigenvalue weighted by atomic mass is 10.1. The lowest BCUT2D eigenvalue weighted by molar-refractivity contribution is -0.122. The number of benzene rings is 1. The molecule has 8 heteroatoms. The van der Waals surface area contributed by atoms with Gasteiger partial charge in [-0.05, 0) is 69.5 Å². The Morgan fingerprint density at radius 2 is 1.76 bits per heavy atom. The Bertz CT molecular complexity index is 1420. The standard InChI is InChI=1S/C25H22N4O3S/c1-13-8-6-7-9-21(13)29-23(31)19(22(30)27-25(29)32)11-18-10-14(2)28(16(18)4)24-20(12-26)15(3)17(5)33-24/h6-11H,1-5H3,(H,27,30,32)/b19-11+. The van der Waals surface area contributed by atoms with Crippen molar-refractivity contribution in [3.05, 3.63) is 74.4 Å². The largest absolute Gasteiger partial charge is 0.335 e. The number of hydrogen-bond acceptors (Lipinski definition) is 5. The molecule has 1 aliphatic rings. The number of urea groups is 1. The Morgan fingerprint density at radius 3 is 2.42 bits per heavy atom. The maximum atomic E-state index is 13.3. The zero-order valence-corrected chi connectivity index (χ0v) is 19.8. The molecule has 1 fully saturated rings. The molecule has 0 spiro atoms. The first-order valence-electron chi connectivity index (χ1n) is 10.3. The highest BCUT2D eigenvalue weighted by Gasteiger charge is 2.37. The molecular formula is C25H22N4O3S. The fourth-order valence-electron chi connectivity index (χ4n) is 3.99. The van der Waals surface area contributed by atoms with Crippen LogP contribution in [0, 0.1) is 45.9 Å². The van der Waals surface area contributed by atoms with Crippen molar-refractivity contribution in [2.24, 2.45) is 0 Å². The first-order chi connectivity index (χ1) is 15.6. The number of imide groups is 2. The number of nitrogens with one attached hydrogen (secondary N) is 1. The lowest BCUT2D eigenvalue weighted by Crippen LogP contribution is -2.54. The van der Waals surface area contributed by atoms with Crippen molar-refractivity contribution in [1.82, 2.24) is 9.88 Å². The third-order valence-corrected chi connectivity index (χ3v) is 7.10. The van der Waals surface area contributed by atoms with Crippen molar-refractivity contribution < 1.29 is 14.4 Å². The number of amides is 4. The second-order valence-electron chi connectivity index (χ2n) is 7.98. The smallest absolute Gasteiger partial charge is 0.308 e. The topological polar surface area (TPSA) is 95.2 Å². The summed E-state index contributed by atoms with van der Waals surface area (Å²) < 4.78 is 1.96.